The van der Waals surface area contributed by atoms with Crippen molar-refractivity contribution in [3.05, 3.63) is 23.8 Å². The summed E-state index contributed by atoms with van der Waals surface area (Å²) >= 11 is 0. The Morgan fingerprint density at radius 3 is 2.61 bits per heavy atom. The van der Waals surface area contributed by atoms with Crippen LogP contribution in [0.4, 0.5) is 0 Å². The Labute approximate surface area is 186 Å². The molecule has 160 valence electrons. The Bertz CT molecular complexity index is 605. The fraction of sp³-hybridized carbons (Fsp3) is 0.667. The quantitative estimate of drug-likeness (QED) is 0.196. The first-order valence-electron chi connectivity index (χ1n) is 10.0. The Hall–Kier alpha value is -1.22. The first-order valence-corrected chi connectivity index (χ1v) is 10.0. The third-order valence-electron chi connectivity index (χ3n) is 5.48. The molecule has 0 unspecified atom stereocenters. The lowest BCUT2D eigenvalue weighted by atomic mass is 9.83. The highest BCUT2D eigenvalue weighted by Gasteiger charge is 2.33. The summed E-state index contributed by atoms with van der Waals surface area (Å²) in [4.78, 5) is 4.34. The van der Waals surface area contributed by atoms with Gasteiger partial charge in [-0.25, -0.2) is 0 Å². The standard InChI is InChI=1S/C21H35N3O3.HI/c1-4-27-14-12-21(10-5-6-11-21)16-24-20(22-2)23-13-9-17-7-8-18(26-3)15-19(17)25;/h7-8,15,25H,4-6,9-14,16H2,1-3H3,(H2,22,23,24);1H. The lowest BCUT2D eigenvalue weighted by Gasteiger charge is -2.30. The molecule has 0 saturated heterocycles. The van der Waals surface area contributed by atoms with Crippen LogP contribution >= 0.6 is 24.0 Å². The normalized spacial score (nSPS) is 15.8. The number of aromatic hydroxyl groups is 1. The van der Waals surface area contributed by atoms with Gasteiger partial charge in [0.05, 0.1) is 7.11 Å². The zero-order chi connectivity index (χ0) is 19.5. The van der Waals surface area contributed by atoms with E-state index in [4.69, 9.17) is 9.47 Å². The molecule has 2 rings (SSSR count). The van der Waals surface area contributed by atoms with E-state index >= 15 is 0 Å². The average Bonchev–Trinajstić information content (AvgIpc) is 3.14. The molecule has 28 heavy (non-hydrogen) atoms. The summed E-state index contributed by atoms with van der Waals surface area (Å²) in [6, 6.07) is 5.41. The molecule has 1 fully saturated rings. The molecule has 1 aliphatic carbocycles. The first kappa shape index (κ1) is 24.8. The van der Waals surface area contributed by atoms with Crippen molar-refractivity contribution in [2.24, 2.45) is 10.4 Å². The van der Waals surface area contributed by atoms with Gasteiger partial charge in [0.15, 0.2) is 5.96 Å². The zero-order valence-electron chi connectivity index (χ0n) is 17.4. The smallest absolute Gasteiger partial charge is 0.191 e. The molecule has 1 saturated carbocycles. The van der Waals surface area contributed by atoms with Crippen molar-refractivity contribution in [3.8, 4) is 11.5 Å². The van der Waals surface area contributed by atoms with E-state index in [1.165, 1.54) is 25.7 Å². The molecule has 0 heterocycles. The number of rotatable bonds is 10. The number of hydrogen-bond donors (Lipinski definition) is 3. The maximum Gasteiger partial charge on any atom is 0.191 e. The summed E-state index contributed by atoms with van der Waals surface area (Å²) in [6.07, 6.45) is 6.93. The van der Waals surface area contributed by atoms with Gasteiger partial charge in [-0.1, -0.05) is 18.9 Å². The second kappa shape index (κ2) is 13.1. The van der Waals surface area contributed by atoms with Crippen LogP contribution in [-0.4, -0.2) is 51.5 Å². The van der Waals surface area contributed by atoms with Gasteiger partial charge in [-0.3, -0.25) is 4.99 Å². The average molecular weight is 505 g/mol. The number of guanidine groups is 1. The number of methoxy groups -OCH3 is 1. The third-order valence-corrected chi connectivity index (χ3v) is 5.48. The van der Waals surface area contributed by atoms with Crippen molar-refractivity contribution < 1.29 is 14.6 Å². The van der Waals surface area contributed by atoms with Gasteiger partial charge in [-0.2, -0.15) is 0 Å². The number of nitrogens with one attached hydrogen (secondary N) is 2. The van der Waals surface area contributed by atoms with Crippen LogP contribution in [0.2, 0.25) is 0 Å². The summed E-state index contributed by atoms with van der Waals surface area (Å²) in [5.41, 5.74) is 1.21. The van der Waals surface area contributed by atoms with Gasteiger partial charge in [-0.15, -0.1) is 24.0 Å². The molecular weight excluding hydrogens is 469 g/mol. The minimum absolute atomic E-state index is 0. The third kappa shape index (κ3) is 7.66. The number of benzene rings is 1. The predicted octanol–water partition coefficient (Wildman–Crippen LogP) is 3.71. The van der Waals surface area contributed by atoms with E-state index in [9.17, 15) is 5.11 Å². The van der Waals surface area contributed by atoms with Crippen molar-refractivity contribution in [2.75, 3.05) is 40.5 Å². The number of phenols is 1. The lowest BCUT2D eigenvalue weighted by Crippen LogP contribution is -2.44. The Balaban J connectivity index is 0.00000392. The highest BCUT2D eigenvalue weighted by atomic mass is 127. The maximum atomic E-state index is 10.1. The van der Waals surface area contributed by atoms with Crippen LogP contribution in [0.15, 0.2) is 23.2 Å². The number of ether oxygens (including phenoxy) is 2. The molecule has 1 aromatic carbocycles. The van der Waals surface area contributed by atoms with Gasteiger partial charge in [0.2, 0.25) is 0 Å². The topological polar surface area (TPSA) is 75.1 Å². The molecule has 0 radical (unpaired) electrons. The Morgan fingerprint density at radius 1 is 1.25 bits per heavy atom. The zero-order valence-corrected chi connectivity index (χ0v) is 19.8. The van der Waals surface area contributed by atoms with Crippen molar-refractivity contribution in [2.45, 2.75) is 45.4 Å². The molecule has 0 aliphatic heterocycles. The van der Waals surface area contributed by atoms with Crippen molar-refractivity contribution in [1.82, 2.24) is 10.6 Å². The van der Waals surface area contributed by atoms with Crippen LogP contribution < -0.4 is 15.4 Å². The molecule has 3 N–H and O–H groups in total. The number of nitrogens with zero attached hydrogens (tertiary/aromatic N) is 1. The number of phenolic OH excluding ortho intramolecular Hbond substituents is 1. The largest absolute Gasteiger partial charge is 0.508 e. The van der Waals surface area contributed by atoms with Crippen LogP contribution in [0.5, 0.6) is 11.5 Å². The van der Waals surface area contributed by atoms with Crippen LogP contribution in [0.25, 0.3) is 0 Å². The van der Waals surface area contributed by atoms with E-state index in [-0.39, 0.29) is 29.7 Å². The van der Waals surface area contributed by atoms with Crippen LogP contribution in [0.1, 0.15) is 44.6 Å². The highest BCUT2D eigenvalue weighted by Crippen LogP contribution is 2.40. The molecule has 0 spiro atoms. The first-order chi connectivity index (χ1) is 13.1. The minimum atomic E-state index is 0. The van der Waals surface area contributed by atoms with Gasteiger partial charge in [0.1, 0.15) is 11.5 Å². The molecule has 1 aromatic rings. The second-order valence-electron chi connectivity index (χ2n) is 7.25. The molecule has 7 heteroatoms. The summed E-state index contributed by atoms with van der Waals surface area (Å²) in [5.74, 6) is 1.74. The maximum absolute atomic E-state index is 10.1. The van der Waals surface area contributed by atoms with Crippen LogP contribution in [0, 0.1) is 5.41 Å². The van der Waals surface area contributed by atoms with Gasteiger partial charge in [-0.05, 0) is 49.7 Å². The summed E-state index contributed by atoms with van der Waals surface area (Å²) < 4.78 is 10.7. The Kier molecular flexibility index (Phi) is 11.6. The minimum Gasteiger partial charge on any atom is -0.508 e. The molecule has 0 bridgehead atoms. The van der Waals surface area contributed by atoms with Crippen molar-refractivity contribution in [3.63, 3.8) is 0 Å². The second-order valence-corrected chi connectivity index (χ2v) is 7.25. The highest BCUT2D eigenvalue weighted by molar-refractivity contribution is 14.0. The summed E-state index contributed by atoms with van der Waals surface area (Å²) in [7, 11) is 3.39. The van der Waals surface area contributed by atoms with Crippen LogP contribution in [-0.2, 0) is 11.2 Å². The number of hydrogen-bond acceptors (Lipinski definition) is 4. The molecule has 1 aliphatic rings. The van der Waals surface area contributed by atoms with Gasteiger partial charge >= 0.3 is 0 Å². The van der Waals surface area contributed by atoms with E-state index in [2.05, 4.69) is 15.6 Å². The summed E-state index contributed by atoms with van der Waals surface area (Å²) in [6.45, 7) is 5.29. The molecular formula is C21H36IN3O3. The SMILES string of the molecule is CCOCCC1(CNC(=NC)NCCc2ccc(OC)cc2O)CCCC1.I. The molecule has 0 atom stereocenters. The van der Waals surface area contributed by atoms with Crippen molar-refractivity contribution in [1.29, 1.82) is 0 Å². The summed E-state index contributed by atoms with van der Waals surface area (Å²) in [5, 5.41) is 16.9. The monoisotopic (exact) mass is 505 g/mol. The molecule has 0 aromatic heterocycles. The van der Waals surface area contributed by atoms with Gasteiger partial charge < -0.3 is 25.2 Å². The van der Waals surface area contributed by atoms with Gasteiger partial charge in [0.25, 0.3) is 0 Å². The number of halogens is 1. The van der Waals surface area contributed by atoms with E-state index in [1.54, 1.807) is 20.2 Å². The lowest BCUT2D eigenvalue weighted by molar-refractivity contribution is 0.105. The van der Waals surface area contributed by atoms with Crippen molar-refractivity contribution >= 4 is 29.9 Å². The molecule has 6 nitrogen and oxygen atoms in total. The fourth-order valence-electron chi connectivity index (χ4n) is 3.76. The molecule has 0 amide bonds. The van der Waals surface area contributed by atoms with Crippen LogP contribution in [0.3, 0.4) is 0 Å². The van der Waals surface area contributed by atoms with E-state index < -0.39 is 0 Å². The number of aliphatic imine (C=N–C) groups is 1. The Morgan fingerprint density at radius 2 is 2.00 bits per heavy atom. The van der Waals surface area contributed by atoms with E-state index in [0.717, 1.165) is 37.7 Å². The van der Waals surface area contributed by atoms with E-state index in [0.29, 0.717) is 24.1 Å². The fourth-order valence-corrected chi connectivity index (χ4v) is 3.76. The van der Waals surface area contributed by atoms with Gasteiger partial charge in [0, 0.05) is 39.4 Å². The predicted molar refractivity (Wildman–Crippen MR) is 125 cm³/mol. The van der Waals surface area contributed by atoms with E-state index in [1.807, 2.05) is 19.1 Å².